The predicted octanol–water partition coefficient (Wildman–Crippen LogP) is 10.4. The van der Waals surface area contributed by atoms with Crippen LogP contribution in [0, 0.1) is 11.3 Å². The fourth-order valence-electron chi connectivity index (χ4n) is 7.03. The highest BCUT2D eigenvalue weighted by Gasteiger charge is 2.21. The molecule has 0 amide bonds. The highest BCUT2D eigenvalue weighted by atomic mass is 15.0. The summed E-state index contributed by atoms with van der Waals surface area (Å²) in [6.45, 7) is 0. The van der Waals surface area contributed by atoms with Crippen molar-refractivity contribution >= 4 is 64.9 Å². The Morgan fingerprint density at radius 2 is 1.07 bits per heavy atom. The van der Waals surface area contributed by atoms with Crippen LogP contribution < -0.4 is 0 Å². The van der Waals surface area contributed by atoms with Gasteiger partial charge in [-0.2, -0.15) is 5.26 Å². The van der Waals surface area contributed by atoms with Gasteiger partial charge in [-0.25, -0.2) is 0 Å². The summed E-state index contributed by atoms with van der Waals surface area (Å²) in [5, 5.41) is 22.1. The van der Waals surface area contributed by atoms with Crippen molar-refractivity contribution in [1.29, 1.82) is 5.26 Å². The molecule has 0 aliphatic rings. The van der Waals surface area contributed by atoms with E-state index in [-0.39, 0.29) is 0 Å². The standard InChI is InChI=1S/C39H22N2/c40-23-25-15-20-36-38-28(25)17-18-33-32(19-21-37(39(33)38)41(36)26-9-2-1-3-10-26)35-22-34-27-11-5-4-8-24(27)14-16-31(34)29-12-6-7-13-30(29)35/h1-22H. The molecule has 0 saturated carbocycles. The zero-order valence-corrected chi connectivity index (χ0v) is 22.1. The number of aromatic nitrogens is 1. The van der Waals surface area contributed by atoms with Crippen molar-refractivity contribution < 1.29 is 0 Å². The fourth-order valence-corrected chi connectivity index (χ4v) is 7.03. The van der Waals surface area contributed by atoms with Crippen LogP contribution in [0.5, 0.6) is 0 Å². The summed E-state index contributed by atoms with van der Waals surface area (Å²) in [6, 6.07) is 50.2. The molecule has 0 aliphatic heterocycles. The number of hydrogen-bond donors (Lipinski definition) is 0. The van der Waals surface area contributed by atoms with Crippen molar-refractivity contribution in [2.75, 3.05) is 0 Å². The van der Waals surface area contributed by atoms with E-state index in [1.165, 1.54) is 54.2 Å². The lowest BCUT2D eigenvalue weighted by atomic mass is 9.88. The zero-order valence-electron chi connectivity index (χ0n) is 22.1. The van der Waals surface area contributed by atoms with Gasteiger partial charge in [0.2, 0.25) is 0 Å². The van der Waals surface area contributed by atoms with Crippen LogP contribution in [0.2, 0.25) is 0 Å². The highest BCUT2D eigenvalue weighted by Crippen LogP contribution is 2.45. The van der Waals surface area contributed by atoms with E-state index in [9.17, 15) is 5.26 Å². The number of hydrogen-bond acceptors (Lipinski definition) is 1. The van der Waals surface area contributed by atoms with Crippen LogP contribution in [0.4, 0.5) is 0 Å². The molecule has 0 unspecified atom stereocenters. The van der Waals surface area contributed by atoms with E-state index in [0.29, 0.717) is 5.56 Å². The van der Waals surface area contributed by atoms with Gasteiger partial charge in [0, 0.05) is 21.8 Å². The first-order chi connectivity index (χ1) is 20.3. The smallest absolute Gasteiger partial charge is 0.0998 e. The molecule has 0 spiro atoms. The second-order valence-electron chi connectivity index (χ2n) is 10.8. The molecule has 0 atom stereocenters. The molecule has 41 heavy (non-hydrogen) atoms. The van der Waals surface area contributed by atoms with Gasteiger partial charge in [-0.05, 0) is 85.2 Å². The van der Waals surface area contributed by atoms with Gasteiger partial charge >= 0.3 is 0 Å². The normalized spacial score (nSPS) is 11.9. The van der Waals surface area contributed by atoms with E-state index in [1.807, 2.05) is 12.1 Å². The maximum Gasteiger partial charge on any atom is 0.0998 e. The molecule has 0 aliphatic carbocycles. The van der Waals surface area contributed by atoms with E-state index in [2.05, 4.69) is 132 Å². The van der Waals surface area contributed by atoms with Crippen LogP contribution in [-0.2, 0) is 0 Å². The summed E-state index contributed by atoms with van der Waals surface area (Å²) < 4.78 is 2.33. The predicted molar refractivity (Wildman–Crippen MR) is 172 cm³/mol. The lowest BCUT2D eigenvalue weighted by Gasteiger charge is -2.15. The van der Waals surface area contributed by atoms with Gasteiger partial charge in [-0.1, -0.05) is 97.1 Å². The molecule has 8 aromatic carbocycles. The largest absolute Gasteiger partial charge is 0.309 e. The Hall–Kier alpha value is -5.65. The van der Waals surface area contributed by atoms with Crippen molar-refractivity contribution in [3.05, 3.63) is 139 Å². The molecule has 9 rings (SSSR count). The lowest BCUT2D eigenvalue weighted by Crippen LogP contribution is -1.93. The number of rotatable bonds is 2. The van der Waals surface area contributed by atoms with Crippen LogP contribution >= 0.6 is 0 Å². The monoisotopic (exact) mass is 518 g/mol. The first kappa shape index (κ1) is 22.2. The molecular formula is C39H22N2. The minimum absolute atomic E-state index is 0.708. The van der Waals surface area contributed by atoms with Crippen molar-refractivity contribution in [2.45, 2.75) is 0 Å². The van der Waals surface area contributed by atoms with Crippen molar-refractivity contribution in [3.8, 4) is 22.9 Å². The number of nitrogens with zero attached hydrogens (tertiary/aromatic N) is 2. The summed E-state index contributed by atoms with van der Waals surface area (Å²) in [4.78, 5) is 0. The van der Waals surface area contributed by atoms with Crippen LogP contribution in [0.3, 0.4) is 0 Å². The molecule has 0 N–H and O–H groups in total. The SMILES string of the molecule is N#Cc1ccc2c3c1ccc1c(-c4cc5c6ccccc6ccc5c5ccccc45)ccc(c13)n2-c1ccccc1. The van der Waals surface area contributed by atoms with Gasteiger partial charge in [0.25, 0.3) is 0 Å². The van der Waals surface area contributed by atoms with E-state index in [1.54, 1.807) is 0 Å². The molecule has 1 heterocycles. The highest BCUT2D eigenvalue weighted by molar-refractivity contribution is 6.29. The van der Waals surface area contributed by atoms with Gasteiger partial charge in [0.05, 0.1) is 22.7 Å². The third-order valence-corrected chi connectivity index (χ3v) is 8.79. The van der Waals surface area contributed by atoms with Crippen molar-refractivity contribution in [3.63, 3.8) is 0 Å². The Labute approximate surface area is 236 Å². The van der Waals surface area contributed by atoms with Gasteiger partial charge < -0.3 is 4.57 Å². The topological polar surface area (TPSA) is 28.7 Å². The first-order valence-electron chi connectivity index (χ1n) is 13.9. The van der Waals surface area contributed by atoms with E-state index < -0.39 is 0 Å². The second kappa shape index (κ2) is 8.18. The van der Waals surface area contributed by atoms with Crippen LogP contribution in [0.1, 0.15) is 5.56 Å². The van der Waals surface area contributed by atoms with Gasteiger partial charge in [-0.3, -0.25) is 0 Å². The Bertz CT molecular complexity index is 2530. The van der Waals surface area contributed by atoms with Crippen molar-refractivity contribution in [2.24, 2.45) is 0 Å². The molecule has 188 valence electrons. The van der Waals surface area contributed by atoms with E-state index in [0.717, 1.165) is 27.5 Å². The summed E-state index contributed by atoms with van der Waals surface area (Å²) in [5.74, 6) is 0. The maximum atomic E-state index is 9.97. The zero-order chi connectivity index (χ0) is 27.1. The number of benzene rings is 8. The average molecular weight is 519 g/mol. The molecule has 1 aromatic heterocycles. The summed E-state index contributed by atoms with van der Waals surface area (Å²) in [7, 11) is 0. The van der Waals surface area contributed by atoms with E-state index in [4.69, 9.17) is 0 Å². The molecular weight excluding hydrogens is 496 g/mol. The third-order valence-electron chi connectivity index (χ3n) is 8.79. The number of fused-ring (bicyclic) bond motifs is 5. The van der Waals surface area contributed by atoms with E-state index >= 15 is 0 Å². The average Bonchev–Trinajstić information content (AvgIpc) is 3.38. The Balaban J connectivity index is 1.47. The summed E-state index contributed by atoms with van der Waals surface area (Å²) in [6.07, 6.45) is 0. The summed E-state index contributed by atoms with van der Waals surface area (Å²) in [5.41, 5.74) is 6.54. The molecule has 0 radical (unpaired) electrons. The molecule has 2 heteroatoms. The van der Waals surface area contributed by atoms with Crippen LogP contribution in [0.15, 0.2) is 133 Å². The first-order valence-corrected chi connectivity index (χ1v) is 13.9. The third kappa shape index (κ3) is 2.95. The fraction of sp³-hybridized carbons (Fsp3) is 0. The number of para-hydroxylation sites is 1. The van der Waals surface area contributed by atoms with Crippen LogP contribution in [-0.4, -0.2) is 4.57 Å². The summed E-state index contributed by atoms with van der Waals surface area (Å²) >= 11 is 0. The minimum atomic E-state index is 0.708. The quantitative estimate of drug-likeness (QED) is 0.209. The van der Waals surface area contributed by atoms with Gasteiger partial charge in [0.15, 0.2) is 0 Å². The van der Waals surface area contributed by atoms with Gasteiger partial charge in [-0.15, -0.1) is 0 Å². The Morgan fingerprint density at radius 1 is 0.439 bits per heavy atom. The minimum Gasteiger partial charge on any atom is -0.309 e. The van der Waals surface area contributed by atoms with Crippen molar-refractivity contribution in [1.82, 2.24) is 4.57 Å². The second-order valence-corrected chi connectivity index (χ2v) is 10.8. The molecule has 0 fully saturated rings. The molecule has 9 aromatic rings. The van der Waals surface area contributed by atoms with Gasteiger partial charge in [0.1, 0.15) is 0 Å². The Morgan fingerprint density at radius 3 is 1.90 bits per heavy atom. The number of nitriles is 1. The molecule has 0 saturated heterocycles. The maximum absolute atomic E-state index is 9.97. The van der Waals surface area contributed by atoms with Crippen LogP contribution in [0.25, 0.3) is 81.7 Å². The molecule has 2 nitrogen and oxygen atoms in total. The Kier molecular flexibility index (Phi) is 4.43. The molecule has 0 bridgehead atoms. The lowest BCUT2D eigenvalue weighted by molar-refractivity contribution is 1.18.